The van der Waals surface area contributed by atoms with E-state index in [1.165, 1.54) is 42.4 Å². The topological polar surface area (TPSA) is 156 Å². The van der Waals surface area contributed by atoms with Crippen LogP contribution in [0.4, 0.5) is 18.3 Å². The SMILES string of the molecule is CO/N=C(\C(=O)N[C@@H]1C(=O)N2C(C(=O)O)=C(Cn3c(C(F)(F)F)c4ccccc4[n+]3C)CS[C@H]12)c1csc(N)n1. The third-order valence-corrected chi connectivity index (χ3v) is 8.45. The van der Waals surface area contributed by atoms with Crippen LogP contribution in [0, 0.1) is 0 Å². The second-order valence-corrected chi connectivity index (χ2v) is 10.8. The summed E-state index contributed by atoms with van der Waals surface area (Å²) in [6.45, 7) is -0.419. The molecule has 4 N–H and O–H groups in total. The van der Waals surface area contributed by atoms with Crippen molar-refractivity contribution in [2.24, 2.45) is 12.2 Å². The van der Waals surface area contributed by atoms with E-state index in [0.717, 1.165) is 32.7 Å². The number of benzene rings is 1. The van der Waals surface area contributed by atoms with E-state index < -0.39 is 53.3 Å². The molecule has 4 heterocycles. The van der Waals surface area contributed by atoms with E-state index in [4.69, 9.17) is 10.6 Å². The Balaban J connectivity index is 1.44. The lowest BCUT2D eigenvalue weighted by Crippen LogP contribution is -2.71. The summed E-state index contributed by atoms with van der Waals surface area (Å²) < 4.78 is 44.6. The van der Waals surface area contributed by atoms with Gasteiger partial charge >= 0.3 is 12.1 Å². The van der Waals surface area contributed by atoms with Crippen molar-refractivity contribution in [3.8, 4) is 0 Å². The molecule has 40 heavy (non-hydrogen) atoms. The highest BCUT2D eigenvalue weighted by Crippen LogP contribution is 2.42. The quantitative estimate of drug-likeness (QED) is 0.160. The second-order valence-electron chi connectivity index (χ2n) is 8.76. The molecular formula is C23H21F3N7O5S2+. The van der Waals surface area contributed by atoms with Gasteiger partial charge in [0.15, 0.2) is 23.6 Å². The molecule has 2 atom stereocenters. The van der Waals surface area contributed by atoms with Crippen molar-refractivity contribution in [3.05, 3.63) is 52.3 Å². The minimum absolute atomic E-state index is 0.00983. The largest absolute Gasteiger partial charge is 0.477 e. The summed E-state index contributed by atoms with van der Waals surface area (Å²) in [4.78, 5) is 48.0. The zero-order chi connectivity index (χ0) is 28.9. The molecule has 5 rings (SSSR count). The van der Waals surface area contributed by atoms with Gasteiger partial charge in [-0.05, 0) is 11.6 Å². The van der Waals surface area contributed by atoms with E-state index in [9.17, 15) is 32.7 Å². The number of nitrogens with one attached hydrogen (secondary N) is 1. The van der Waals surface area contributed by atoms with Gasteiger partial charge < -0.3 is 21.0 Å². The number of nitrogens with zero attached hydrogens (tertiary/aromatic N) is 5. The van der Waals surface area contributed by atoms with E-state index in [0.29, 0.717) is 5.52 Å². The standard InChI is InChI=1S/C23H20F3N7O5S2/c1-31-13-6-4-3-5-11(13)17(23(24,25)26)32(31)7-10-8-39-20-15(19(35)33(20)16(10)21(36)37)29-18(34)14(30-38-2)12-9-40-22(27)28-12/h3-6,9,15,20H,7-8H2,1-2H3,(H3-,27,28,29,34,36,37)/p+1/b30-14-/t15-,20-/m1/s1. The van der Waals surface area contributed by atoms with Crippen LogP contribution in [0.1, 0.15) is 11.4 Å². The van der Waals surface area contributed by atoms with Crippen LogP contribution in [0.15, 0.2) is 46.1 Å². The van der Waals surface area contributed by atoms with E-state index in [-0.39, 0.29) is 33.2 Å². The van der Waals surface area contributed by atoms with Crippen molar-refractivity contribution < 1.29 is 42.2 Å². The first-order valence-corrected chi connectivity index (χ1v) is 13.4. The fourth-order valence-electron chi connectivity index (χ4n) is 4.75. The first kappa shape index (κ1) is 27.4. The maximum atomic E-state index is 14.1. The first-order chi connectivity index (χ1) is 18.9. The van der Waals surface area contributed by atoms with Crippen LogP contribution in [-0.2, 0) is 39.0 Å². The number of carboxylic acids is 1. The fourth-order valence-corrected chi connectivity index (χ4v) is 6.63. The number of thioether (sulfide) groups is 1. The molecule has 0 unspecified atom stereocenters. The number of carbonyl (C=O) groups excluding carboxylic acids is 2. The minimum atomic E-state index is -4.72. The van der Waals surface area contributed by atoms with Crippen LogP contribution in [0.3, 0.4) is 0 Å². The lowest BCUT2D eigenvalue weighted by Gasteiger charge is -2.49. The predicted molar refractivity (Wildman–Crippen MR) is 138 cm³/mol. The van der Waals surface area contributed by atoms with Crippen LogP contribution in [0.25, 0.3) is 10.9 Å². The number of aliphatic carboxylic acids is 1. The van der Waals surface area contributed by atoms with Gasteiger partial charge in [0.05, 0.1) is 5.39 Å². The number of β-lactam (4-membered cyclic amide) rings is 1. The van der Waals surface area contributed by atoms with Crippen molar-refractivity contribution >= 4 is 62.6 Å². The van der Waals surface area contributed by atoms with Crippen molar-refractivity contribution in [3.63, 3.8) is 0 Å². The lowest BCUT2D eigenvalue weighted by atomic mass is 10.0. The summed E-state index contributed by atoms with van der Waals surface area (Å²) in [7, 11) is 2.67. The van der Waals surface area contributed by atoms with Gasteiger partial charge in [-0.25, -0.2) is 9.78 Å². The van der Waals surface area contributed by atoms with E-state index >= 15 is 0 Å². The van der Waals surface area contributed by atoms with E-state index in [1.807, 2.05) is 0 Å². The number of rotatable bonds is 7. The normalized spacial score (nSPS) is 19.5. The number of halogens is 3. The number of amides is 2. The Bertz CT molecular complexity index is 1610. The molecule has 12 nitrogen and oxygen atoms in total. The minimum Gasteiger partial charge on any atom is -0.477 e. The Morgan fingerprint density at radius 3 is 2.70 bits per heavy atom. The molecule has 2 amide bonds. The average Bonchev–Trinajstić information content (AvgIpc) is 3.45. The number of nitrogen functional groups attached to an aromatic ring is 1. The molecule has 0 aliphatic carbocycles. The lowest BCUT2D eigenvalue weighted by molar-refractivity contribution is -0.731. The van der Waals surface area contributed by atoms with Crippen LogP contribution in [0.2, 0.25) is 0 Å². The molecule has 3 aromatic rings. The molecule has 1 aromatic carbocycles. The van der Waals surface area contributed by atoms with Gasteiger partial charge in [-0.3, -0.25) is 14.5 Å². The first-order valence-electron chi connectivity index (χ1n) is 11.5. The van der Waals surface area contributed by atoms with Crippen LogP contribution in [0.5, 0.6) is 0 Å². The van der Waals surface area contributed by atoms with Gasteiger partial charge in [0.25, 0.3) is 11.8 Å². The van der Waals surface area contributed by atoms with Crippen LogP contribution < -0.4 is 15.7 Å². The van der Waals surface area contributed by atoms with Crippen molar-refractivity contribution in [1.29, 1.82) is 0 Å². The Morgan fingerprint density at radius 1 is 1.35 bits per heavy atom. The molecule has 2 aliphatic heterocycles. The highest BCUT2D eigenvalue weighted by molar-refractivity contribution is 8.00. The number of aromatic nitrogens is 3. The maximum Gasteiger partial charge on any atom is 0.437 e. The monoisotopic (exact) mass is 596 g/mol. The van der Waals surface area contributed by atoms with Gasteiger partial charge in [-0.15, -0.1) is 32.5 Å². The number of thiazole rings is 1. The number of aryl methyl sites for hydroxylation is 1. The van der Waals surface area contributed by atoms with Gasteiger partial charge in [-0.2, -0.15) is 13.2 Å². The molecular weight excluding hydrogens is 575 g/mol. The van der Waals surface area contributed by atoms with E-state index in [1.54, 1.807) is 6.07 Å². The summed E-state index contributed by atoms with van der Waals surface area (Å²) in [5.74, 6) is -2.98. The number of fused-ring (bicyclic) bond motifs is 2. The Morgan fingerprint density at radius 2 is 2.08 bits per heavy atom. The number of oxime groups is 1. The van der Waals surface area contributed by atoms with Crippen molar-refractivity contribution in [2.75, 3.05) is 18.6 Å². The number of alkyl halides is 3. The highest BCUT2D eigenvalue weighted by Gasteiger charge is 2.55. The molecule has 1 saturated heterocycles. The Hall–Kier alpha value is -4.12. The van der Waals surface area contributed by atoms with Crippen molar-refractivity contribution in [1.82, 2.24) is 19.9 Å². The number of para-hydroxylation sites is 1. The molecule has 17 heteroatoms. The number of nitrogens with two attached hydrogens (primary N) is 1. The van der Waals surface area contributed by atoms with Crippen LogP contribution in [-0.4, -0.2) is 67.4 Å². The molecule has 0 bridgehead atoms. The zero-order valence-corrected chi connectivity index (χ0v) is 22.4. The smallest absolute Gasteiger partial charge is 0.437 e. The Labute approximate surface area is 231 Å². The summed E-state index contributed by atoms with van der Waals surface area (Å²) in [6, 6.07) is 4.87. The number of carbonyl (C=O) groups is 3. The molecule has 210 valence electrons. The summed E-state index contributed by atoms with van der Waals surface area (Å²) >= 11 is 2.19. The van der Waals surface area contributed by atoms with Crippen molar-refractivity contribution in [2.45, 2.75) is 24.1 Å². The fraction of sp³-hybridized carbons (Fsp3) is 0.304. The Kier molecular flexibility index (Phi) is 6.95. The zero-order valence-electron chi connectivity index (χ0n) is 20.8. The summed E-state index contributed by atoms with van der Waals surface area (Å²) in [5.41, 5.74) is 4.61. The van der Waals surface area contributed by atoms with Gasteiger partial charge in [-0.1, -0.05) is 17.3 Å². The summed E-state index contributed by atoms with van der Waals surface area (Å²) in [6.07, 6.45) is -4.72. The molecule has 2 aromatic heterocycles. The number of anilines is 1. The average molecular weight is 597 g/mol. The number of carboxylic acid groups (broad SMARTS) is 1. The van der Waals surface area contributed by atoms with E-state index in [2.05, 4.69) is 15.5 Å². The maximum absolute atomic E-state index is 14.1. The molecule has 0 spiro atoms. The van der Waals surface area contributed by atoms with Gasteiger partial charge in [0.2, 0.25) is 5.52 Å². The molecule has 1 fully saturated rings. The number of hydrogen-bond acceptors (Lipinski definition) is 9. The molecule has 0 radical (unpaired) electrons. The third kappa shape index (κ3) is 4.53. The predicted octanol–water partition coefficient (Wildman–Crippen LogP) is 1.31. The van der Waals surface area contributed by atoms with Gasteiger partial charge in [0, 0.05) is 17.2 Å². The molecule has 0 saturated carbocycles. The highest BCUT2D eigenvalue weighted by atomic mass is 32.2. The third-order valence-electron chi connectivity index (χ3n) is 6.44. The second kappa shape index (κ2) is 10.1. The van der Waals surface area contributed by atoms with Crippen LogP contribution >= 0.6 is 23.1 Å². The molecule has 2 aliphatic rings. The van der Waals surface area contributed by atoms with Gasteiger partial charge in [0.1, 0.15) is 36.5 Å². The number of hydrogen-bond donors (Lipinski definition) is 3. The summed E-state index contributed by atoms with van der Waals surface area (Å²) in [5, 5.41) is 17.0.